The van der Waals surface area contributed by atoms with Gasteiger partial charge >= 0.3 is 0 Å². The van der Waals surface area contributed by atoms with Crippen molar-refractivity contribution in [2.75, 3.05) is 13.1 Å². The number of aryl methyl sites for hydroxylation is 2. The highest BCUT2D eigenvalue weighted by Crippen LogP contribution is 2.37. The van der Waals surface area contributed by atoms with E-state index in [4.69, 9.17) is 4.98 Å². The number of aromatic nitrogens is 2. The summed E-state index contributed by atoms with van der Waals surface area (Å²) in [4.78, 5) is 23.6. The fraction of sp³-hybridized carbons (Fsp3) is 0.600. The molecule has 4 rings (SSSR count). The quantitative estimate of drug-likeness (QED) is 0.898. The number of aromatic amines is 1. The standard InChI is InChI=1S/C20H28N4O/c1-14-7-8-16-18(15(14)2)23-17(22-16)13-21-19(25)20(9-3-4-10-20)24-11-5-6-12-24/h7-8H,3-6,9-13H2,1-2H3,(H,21,25)(H,22,23). The van der Waals surface area contributed by atoms with Gasteiger partial charge in [0.05, 0.1) is 17.6 Å². The second kappa shape index (κ2) is 6.45. The number of carbonyl (C=O) groups is 1. The van der Waals surface area contributed by atoms with Crippen LogP contribution in [0.15, 0.2) is 12.1 Å². The maximum absolute atomic E-state index is 13.1. The summed E-state index contributed by atoms with van der Waals surface area (Å²) in [6.07, 6.45) is 6.75. The minimum absolute atomic E-state index is 0.195. The number of H-pyrrole nitrogens is 1. The van der Waals surface area contributed by atoms with Crippen molar-refractivity contribution in [2.45, 2.75) is 64.5 Å². The molecular weight excluding hydrogens is 312 g/mol. The van der Waals surface area contributed by atoms with E-state index in [1.54, 1.807) is 0 Å². The molecule has 0 atom stereocenters. The molecule has 5 heteroatoms. The van der Waals surface area contributed by atoms with Crippen molar-refractivity contribution in [2.24, 2.45) is 0 Å². The van der Waals surface area contributed by atoms with Gasteiger partial charge in [-0.05, 0) is 69.8 Å². The number of carbonyl (C=O) groups excluding carboxylic acids is 1. The number of rotatable bonds is 4. The van der Waals surface area contributed by atoms with Gasteiger partial charge < -0.3 is 10.3 Å². The average molecular weight is 340 g/mol. The number of likely N-dealkylation sites (tertiary alicyclic amines) is 1. The van der Waals surface area contributed by atoms with Crippen molar-refractivity contribution in [3.8, 4) is 0 Å². The van der Waals surface area contributed by atoms with Crippen molar-refractivity contribution < 1.29 is 4.79 Å². The van der Waals surface area contributed by atoms with E-state index in [-0.39, 0.29) is 11.4 Å². The Morgan fingerprint density at radius 3 is 2.64 bits per heavy atom. The predicted molar refractivity (Wildman–Crippen MR) is 99.4 cm³/mol. The number of nitrogens with one attached hydrogen (secondary N) is 2. The van der Waals surface area contributed by atoms with Gasteiger partial charge in [0.25, 0.3) is 0 Å². The lowest BCUT2D eigenvalue weighted by Gasteiger charge is -2.37. The fourth-order valence-electron chi connectivity index (χ4n) is 4.57. The molecule has 1 saturated heterocycles. The van der Waals surface area contributed by atoms with Crippen molar-refractivity contribution in [1.29, 1.82) is 0 Å². The first-order valence-electron chi connectivity index (χ1n) is 9.58. The zero-order valence-electron chi connectivity index (χ0n) is 15.3. The van der Waals surface area contributed by atoms with Gasteiger partial charge in [-0.3, -0.25) is 9.69 Å². The molecule has 1 aromatic heterocycles. The normalized spacial score (nSPS) is 20.4. The van der Waals surface area contributed by atoms with Gasteiger partial charge in [0.1, 0.15) is 11.4 Å². The number of nitrogens with zero attached hydrogens (tertiary/aromatic N) is 2. The highest BCUT2D eigenvalue weighted by molar-refractivity contribution is 5.87. The van der Waals surface area contributed by atoms with E-state index in [1.165, 1.54) is 24.0 Å². The highest BCUT2D eigenvalue weighted by Gasteiger charge is 2.46. The average Bonchev–Trinajstić information content (AvgIpc) is 3.36. The third-order valence-corrected chi connectivity index (χ3v) is 6.21. The molecule has 1 aliphatic heterocycles. The largest absolute Gasteiger partial charge is 0.347 e. The number of hydrogen-bond donors (Lipinski definition) is 2. The lowest BCUT2D eigenvalue weighted by Crippen LogP contribution is -2.56. The Morgan fingerprint density at radius 2 is 1.92 bits per heavy atom. The second-order valence-corrected chi connectivity index (χ2v) is 7.70. The first kappa shape index (κ1) is 16.6. The molecule has 25 heavy (non-hydrogen) atoms. The van der Waals surface area contributed by atoms with Crippen molar-refractivity contribution in [3.05, 3.63) is 29.1 Å². The Labute approximate surface area is 149 Å². The molecule has 0 bridgehead atoms. The molecular formula is C20H28N4O. The Hall–Kier alpha value is -1.88. The summed E-state index contributed by atoms with van der Waals surface area (Å²) in [5, 5.41) is 3.18. The van der Waals surface area contributed by atoms with Crippen molar-refractivity contribution in [3.63, 3.8) is 0 Å². The van der Waals surface area contributed by atoms with Gasteiger partial charge in [0.2, 0.25) is 5.91 Å². The van der Waals surface area contributed by atoms with Crippen LogP contribution >= 0.6 is 0 Å². The Balaban J connectivity index is 1.50. The first-order valence-corrected chi connectivity index (χ1v) is 9.58. The van der Waals surface area contributed by atoms with Crippen LogP contribution in [0.25, 0.3) is 11.0 Å². The molecule has 0 unspecified atom stereocenters. The molecule has 134 valence electrons. The Kier molecular flexibility index (Phi) is 4.28. The van der Waals surface area contributed by atoms with E-state index in [9.17, 15) is 4.79 Å². The molecule has 2 heterocycles. The van der Waals surface area contributed by atoms with Crippen LogP contribution in [0.2, 0.25) is 0 Å². The van der Waals surface area contributed by atoms with Gasteiger partial charge in [0.15, 0.2) is 0 Å². The summed E-state index contributed by atoms with van der Waals surface area (Å²) in [7, 11) is 0. The van der Waals surface area contributed by atoms with Gasteiger partial charge in [-0.1, -0.05) is 18.9 Å². The SMILES string of the molecule is Cc1ccc2[nH]c(CNC(=O)C3(N4CCCC4)CCCC3)nc2c1C. The summed E-state index contributed by atoms with van der Waals surface area (Å²) >= 11 is 0. The third-order valence-electron chi connectivity index (χ3n) is 6.21. The van der Waals surface area contributed by atoms with E-state index in [2.05, 4.69) is 41.2 Å². The lowest BCUT2D eigenvalue weighted by atomic mass is 9.94. The second-order valence-electron chi connectivity index (χ2n) is 7.70. The van der Waals surface area contributed by atoms with Crippen LogP contribution in [0.4, 0.5) is 0 Å². The highest BCUT2D eigenvalue weighted by atomic mass is 16.2. The fourth-order valence-corrected chi connectivity index (χ4v) is 4.57. The van der Waals surface area contributed by atoms with E-state index in [1.807, 2.05) is 0 Å². The summed E-state index contributed by atoms with van der Waals surface area (Å²) < 4.78 is 0. The number of amides is 1. The van der Waals surface area contributed by atoms with E-state index in [0.717, 1.165) is 55.6 Å². The van der Waals surface area contributed by atoms with E-state index < -0.39 is 0 Å². The Morgan fingerprint density at radius 1 is 1.20 bits per heavy atom. The minimum Gasteiger partial charge on any atom is -0.347 e. The summed E-state index contributed by atoms with van der Waals surface area (Å²) in [5.41, 5.74) is 4.24. The van der Waals surface area contributed by atoms with Crippen LogP contribution in [0, 0.1) is 13.8 Å². The Bertz CT molecular complexity index is 782. The molecule has 0 radical (unpaired) electrons. The molecule has 2 fully saturated rings. The number of fused-ring (bicyclic) bond motifs is 1. The van der Waals surface area contributed by atoms with E-state index in [0.29, 0.717) is 6.54 Å². The number of benzene rings is 1. The molecule has 2 N–H and O–H groups in total. The van der Waals surface area contributed by atoms with Crippen LogP contribution in [0.5, 0.6) is 0 Å². The summed E-state index contributed by atoms with van der Waals surface area (Å²) in [6, 6.07) is 4.18. The zero-order chi connectivity index (χ0) is 17.4. The third kappa shape index (κ3) is 2.84. The molecule has 1 aromatic carbocycles. The van der Waals surface area contributed by atoms with Crippen LogP contribution < -0.4 is 5.32 Å². The maximum atomic E-state index is 13.1. The minimum atomic E-state index is -0.269. The van der Waals surface area contributed by atoms with Crippen LogP contribution in [0.3, 0.4) is 0 Å². The first-order chi connectivity index (χ1) is 12.1. The van der Waals surface area contributed by atoms with Crippen LogP contribution in [0.1, 0.15) is 55.5 Å². The van der Waals surface area contributed by atoms with Gasteiger partial charge in [-0.25, -0.2) is 4.98 Å². The van der Waals surface area contributed by atoms with Crippen molar-refractivity contribution in [1.82, 2.24) is 20.2 Å². The molecule has 2 aromatic rings. The summed E-state index contributed by atoms with van der Waals surface area (Å²) in [5.74, 6) is 1.03. The van der Waals surface area contributed by atoms with Crippen molar-refractivity contribution >= 4 is 16.9 Å². The molecule has 1 amide bonds. The number of imidazole rings is 1. The monoisotopic (exact) mass is 340 g/mol. The summed E-state index contributed by atoms with van der Waals surface area (Å²) in [6.45, 7) is 6.81. The zero-order valence-corrected chi connectivity index (χ0v) is 15.3. The maximum Gasteiger partial charge on any atom is 0.240 e. The van der Waals surface area contributed by atoms with Crippen LogP contribution in [-0.4, -0.2) is 39.4 Å². The molecule has 1 aliphatic carbocycles. The topological polar surface area (TPSA) is 61.0 Å². The van der Waals surface area contributed by atoms with Crippen LogP contribution in [-0.2, 0) is 11.3 Å². The smallest absolute Gasteiger partial charge is 0.240 e. The van der Waals surface area contributed by atoms with Gasteiger partial charge in [-0.2, -0.15) is 0 Å². The molecule has 5 nitrogen and oxygen atoms in total. The predicted octanol–water partition coefficient (Wildman–Crippen LogP) is 3.20. The van der Waals surface area contributed by atoms with Gasteiger partial charge in [0, 0.05) is 0 Å². The van der Waals surface area contributed by atoms with E-state index >= 15 is 0 Å². The lowest BCUT2D eigenvalue weighted by molar-refractivity contribution is -0.133. The van der Waals surface area contributed by atoms with Gasteiger partial charge in [-0.15, -0.1) is 0 Å². The molecule has 1 saturated carbocycles. The number of hydrogen-bond acceptors (Lipinski definition) is 3. The molecule has 2 aliphatic rings. The molecule has 0 spiro atoms.